The van der Waals surface area contributed by atoms with Crippen molar-refractivity contribution < 1.29 is 0 Å². The molecule has 2 heteroatoms. The second kappa shape index (κ2) is 6.41. The molecule has 0 nitrogen and oxygen atoms in total. The van der Waals surface area contributed by atoms with Gasteiger partial charge in [0.1, 0.15) is 0 Å². The first-order valence-electron chi connectivity index (χ1n) is 5.30. The molecule has 1 rings (SSSR count). The molecular weight excluding hydrogens is 252 g/mol. The highest BCUT2D eigenvalue weighted by Gasteiger charge is 2.06. The van der Waals surface area contributed by atoms with Crippen LogP contribution >= 0.6 is 15.3 Å². The Morgan fingerprint density at radius 1 is 1.14 bits per heavy atom. The Labute approximate surface area is 97.5 Å². The fraction of sp³-hybridized carbons (Fsp3) is 0.500. The third-order valence-electron chi connectivity index (χ3n) is 2.39. The average Bonchev–Trinajstić information content (AvgIpc) is 2.21. The van der Waals surface area contributed by atoms with Crippen molar-refractivity contribution in [3.63, 3.8) is 0 Å². The molecule has 0 spiro atoms. The fourth-order valence-corrected chi connectivity index (χ4v) is 3.45. The molecule has 0 atom stereocenters. The molecule has 1 aromatic rings. The van der Waals surface area contributed by atoms with Crippen LogP contribution in [0.3, 0.4) is 0 Å². The Balaban J connectivity index is 3.00. The zero-order valence-corrected chi connectivity index (χ0v) is 11.5. The maximum Gasteiger partial charge on any atom is 0.176 e. The normalized spacial score (nSPS) is 10.5. The topological polar surface area (TPSA) is 0 Å². The molecule has 76 valence electrons. The van der Waals surface area contributed by atoms with Crippen molar-refractivity contribution in [1.82, 2.24) is 0 Å². The number of aryl methyl sites for hydroxylation is 1. The molecular formula is C12H17BrSi. The van der Waals surface area contributed by atoms with Gasteiger partial charge in [-0.05, 0) is 29.2 Å². The minimum Gasteiger partial charge on any atom is -0.125 e. The monoisotopic (exact) mass is 268 g/mol. The standard InChI is InChI=1S/C12H17BrSi/c1-3-6-10-8-5-9-12(14-13)11(10)7-4-2/h5,8-9H,3-4,6-7H2,1-2H3. The van der Waals surface area contributed by atoms with Crippen LogP contribution in [0.4, 0.5) is 0 Å². The van der Waals surface area contributed by atoms with Crippen molar-refractivity contribution >= 4 is 28.6 Å². The van der Waals surface area contributed by atoms with E-state index < -0.39 is 0 Å². The van der Waals surface area contributed by atoms with E-state index in [4.69, 9.17) is 0 Å². The van der Waals surface area contributed by atoms with Crippen LogP contribution in [0.15, 0.2) is 18.2 Å². The number of halogens is 1. The lowest BCUT2D eigenvalue weighted by atomic mass is 10.00. The Morgan fingerprint density at radius 2 is 1.86 bits per heavy atom. The lowest BCUT2D eigenvalue weighted by Gasteiger charge is -2.11. The molecule has 0 aromatic heterocycles. The van der Waals surface area contributed by atoms with E-state index in [-0.39, 0.29) is 0 Å². The molecule has 0 saturated carbocycles. The molecule has 0 heterocycles. The Morgan fingerprint density at radius 3 is 2.43 bits per heavy atom. The molecule has 2 radical (unpaired) electrons. The number of benzene rings is 1. The van der Waals surface area contributed by atoms with Crippen molar-refractivity contribution in [3.05, 3.63) is 29.3 Å². The third-order valence-corrected chi connectivity index (χ3v) is 4.35. The summed E-state index contributed by atoms with van der Waals surface area (Å²) in [6, 6.07) is 6.72. The van der Waals surface area contributed by atoms with Gasteiger partial charge in [0, 0.05) is 0 Å². The third kappa shape index (κ3) is 2.96. The predicted octanol–water partition coefficient (Wildman–Crippen LogP) is 3.23. The molecule has 14 heavy (non-hydrogen) atoms. The lowest BCUT2D eigenvalue weighted by molar-refractivity contribution is 0.866. The van der Waals surface area contributed by atoms with E-state index in [2.05, 4.69) is 47.3 Å². The number of hydrogen-bond acceptors (Lipinski definition) is 0. The van der Waals surface area contributed by atoms with Gasteiger partial charge in [-0.15, -0.1) is 15.3 Å². The van der Waals surface area contributed by atoms with Crippen LogP contribution in [-0.4, -0.2) is 8.14 Å². The van der Waals surface area contributed by atoms with Gasteiger partial charge in [0.05, 0.1) is 0 Å². The molecule has 0 aliphatic carbocycles. The quantitative estimate of drug-likeness (QED) is 0.568. The van der Waals surface area contributed by atoms with Crippen LogP contribution in [0.1, 0.15) is 37.8 Å². The molecule has 0 saturated heterocycles. The van der Waals surface area contributed by atoms with Crippen LogP contribution in [0.2, 0.25) is 0 Å². The van der Waals surface area contributed by atoms with Gasteiger partial charge in [-0.2, -0.15) is 0 Å². The van der Waals surface area contributed by atoms with Crippen molar-refractivity contribution in [2.75, 3.05) is 0 Å². The summed E-state index contributed by atoms with van der Waals surface area (Å²) in [5.41, 5.74) is 3.14. The molecule has 0 N–H and O–H groups in total. The second-order valence-corrected chi connectivity index (χ2v) is 5.45. The smallest absolute Gasteiger partial charge is 0.125 e. The minimum atomic E-state index is 0.752. The van der Waals surface area contributed by atoms with Gasteiger partial charge in [0.15, 0.2) is 8.14 Å². The maximum atomic E-state index is 3.59. The van der Waals surface area contributed by atoms with Crippen molar-refractivity contribution in [2.24, 2.45) is 0 Å². The van der Waals surface area contributed by atoms with Crippen LogP contribution in [0.25, 0.3) is 0 Å². The molecule has 0 fully saturated rings. The maximum absolute atomic E-state index is 3.59. The molecule has 0 amide bonds. The minimum absolute atomic E-state index is 0.752. The van der Waals surface area contributed by atoms with Crippen LogP contribution < -0.4 is 5.19 Å². The highest BCUT2D eigenvalue weighted by molar-refractivity contribution is 9.23. The summed E-state index contributed by atoms with van der Waals surface area (Å²) in [5.74, 6) is 0. The molecule has 0 aliphatic heterocycles. The first-order chi connectivity index (χ1) is 6.83. The summed E-state index contributed by atoms with van der Waals surface area (Å²) in [6.45, 7) is 4.50. The van der Waals surface area contributed by atoms with E-state index in [1.165, 1.54) is 30.9 Å². The number of hydrogen-bond donors (Lipinski definition) is 0. The zero-order valence-electron chi connectivity index (χ0n) is 8.94. The van der Waals surface area contributed by atoms with Crippen LogP contribution in [0.5, 0.6) is 0 Å². The van der Waals surface area contributed by atoms with E-state index in [0.717, 1.165) is 8.14 Å². The summed E-state index contributed by atoms with van der Waals surface area (Å²) >= 11 is 3.59. The molecule has 0 aliphatic rings. The van der Waals surface area contributed by atoms with Crippen molar-refractivity contribution in [1.29, 1.82) is 0 Å². The highest BCUT2D eigenvalue weighted by atomic mass is 79.9. The average molecular weight is 269 g/mol. The van der Waals surface area contributed by atoms with Crippen molar-refractivity contribution in [3.8, 4) is 0 Å². The van der Waals surface area contributed by atoms with Gasteiger partial charge in [0.2, 0.25) is 0 Å². The molecule has 0 bridgehead atoms. The largest absolute Gasteiger partial charge is 0.176 e. The van der Waals surface area contributed by atoms with E-state index in [1.54, 1.807) is 11.1 Å². The van der Waals surface area contributed by atoms with E-state index in [9.17, 15) is 0 Å². The van der Waals surface area contributed by atoms with Gasteiger partial charge in [0.25, 0.3) is 0 Å². The van der Waals surface area contributed by atoms with E-state index in [1.807, 2.05) is 0 Å². The SMILES string of the molecule is CCCc1cccc([Si]Br)c1CCC. The molecule has 1 aromatic carbocycles. The highest BCUT2D eigenvalue weighted by Crippen LogP contribution is 2.11. The summed E-state index contributed by atoms with van der Waals surface area (Å²) in [4.78, 5) is 0. The predicted molar refractivity (Wildman–Crippen MR) is 68.7 cm³/mol. The Hall–Kier alpha value is -0.0831. The van der Waals surface area contributed by atoms with Gasteiger partial charge in [-0.3, -0.25) is 0 Å². The van der Waals surface area contributed by atoms with E-state index >= 15 is 0 Å². The van der Waals surface area contributed by atoms with Gasteiger partial charge in [-0.25, -0.2) is 0 Å². The van der Waals surface area contributed by atoms with E-state index in [0.29, 0.717) is 0 Å². The second-order valence-electron chi connectivity index (χ2n) is 3.54. The summed E-state index contributed by atoms with van der Waals surface area (Å²) in [7, 11) is 0.752. The Bertz CT molecular complexity index is 284. The summed E-state index contributed by atoms with van der Waals surface area (Å²) in [6.07, 6.45) is 4.93. The first-order valence-corrected chi connectivity index (χ1v) is 8.56. The molecule has 0 unspecified atom stereocenters. The zero-order chi connectivity index (χ0) is 10.4. The van der Waals surface area contributed by atoms with Gasteiger partial charge in [-0.1, -0.05) is 44.9 Å². The van der Waals surface area contributed by atoms with Gasteiger partial charge < -0.3 is 0 Å². The summed E-state index contributed by atoms with van der Waals surface area (Å²) < 4.78 is 0. The van der Waals surface area contributed by atoms with Gasteiger partial charge >= 0.3 is 0 Å². The summed E-state index contributed by atoms with van der Waals surface area (Å²) in [5, 5.41) is 1.50. The first kappa shape index (κ1) is 12.0. The fourth-order valence-electron chi connectivity index (χ4n) is 1.77. The Kier molecular flexibility index (Phi) is 5.49. The van der Waals surface area contributed by atoms with Crippen molar-refractivity contribution in [2.45, 2.75) is 39.5 Å². The lowest BCUT2D eigenvalue weighted by Crippen LogP contribution is -2.17. The van der Waals surface area contributed by atoms with Crippen LogP contribution in [0, 0.1) is 0 Å². The van der Waals surface area contributed by atoms with Crippen LogP contribution in [-0.2, 0) is 12.8 Å². The number of rotatable bonds is 5.